The molecule has 5 heteroatoms. The highest BCUT2D eigenvalue weighted by Gasteiger charge is 2.07. The molecule has 0 atom stereocenters. The molecular formula is C10H11NO4. The first-order valence-electron chi connectivity index (χ1n) is 4.28. The molecule has 1 rings (SSSR count). The fourth-order valence-electron chi connectivity index (χ4n) is 0.894. The molecule has 0 fully saturated rings. The summed E-state index contributed by atoms with van der Waals surface area (Å²) in [6.07, 6.45) is -1.67. The summed E-state index contributed by atoms with van der Waals surface area (Å²) in [5.74, 6) is 0. The lowest BCUT2D eigenvalue weighted by molar-refractivity contribution is 0.129. The predicted molar refractivity (Wildman–Crippen MR) is 52.2 cm³/mol. The number of hydrogen-bond acceptors (Lipinski definition) is 4. The smallest absolute Gasteiger partial charge is 0.416 e. The average molecular weight is 209 g/mol. The molecule has 1 N–H and O–H groups in total. The molecule has 0 spiro atoms. The molecule has 0 saturated heterocycles. The van der Waals surface area contributed by atoms with Gasteiger partial charge in [-0.1, -0.05) is 30.3 Å². The van der Waals surface area contributed by atoms with Gasteiger partial charge in [0.15, 0.2) is 0 Å². The number of ether oxygens (including phenoxy) is 2. The fourth-order valence-corrected chi connectivity index (χ4v) is 0.894. The Morgan fingerprint density at radius 2 is 1.87 bits per heavy atom. The zero-order chi connectivity index (χ0) is 11.1. The van der Waals surface area contributed by atoms with Crippen LogP contribution in [0.3, 0.4) is 0 Å². The highest BCUT2D eigenvalue weighted by atomic mass is 16.6. The maximum Gasteiger partial charge on any atom is 0.416 e. The number of amides is 2. The minimum Gasteiger partial charge on any atom is -0.453 e. The second-order valence-electron chi connectivity index (χ2n) is 2.68. The van der Waals surface area contributed by atoms with E-state index in [1.807, 2.05) is 35.6 Å². The Morgan fingerprint density at radius 1 is 1.20 bits per heavy atom. The second-order valence-corrected chi connectivity index (χ2v) is 2.68. The quantitative estimate of drug-likeness (QED) is 0.804. The average Bonchev–Trinajstić information content (AvgIpc) is 2.27. The second kappa shape index (κ2) is 5.64. The van der Waals surface area contributed by atoms with Gasteiger partial charge in [-0.15, -0.1) is 0 Å². The number of nitrogens with one attached hydrogen (secondary N) is 1. The number of methoxy groups -OCH3 is 1. The summed E-state index contributed by atoms with van der Waals surface area (Å²) in [6.45, 7) is 0.115. The molecule has 0 unspecified atom stereocenters. The van der Waals surface area contributed by atoms with Crippen LogP contribution in [0.25, 0.3) is 0 Å². The Bertz CT molecular complexity index is 337. The normalized spacial score (nSPS) is 9.13. The molecule has 0 radical (unpaired) electrons. The molecule has 0 aliphatic heterocycles. The first kappa shape index (κ1) is 11.0. The van der Waals surface area contributed by atoms with Crippen LogP contribution in [-0.4, -0.2) is 19.3 Å². The lowest BCUT2D eigenvalue weighted by Crippen LogP contribution is -2.30. The molecule has 0 aromatic heterocycles. The van der Waals surface area contributed by atoms with Gasteiger partial charge in [-0.3, -0.25) is 0 Å². The highest BCUT2D eigenvalue weighted by molar-refractivity contribution is 5.87. The zero-order valence-electron chi connectivity index (χ0n) is 8.23. The third-order valence-corrected chi connectivity index (χ3v) is 1.60. The van der Waals surface area contributed by atoms with Crippen molar-refractivity contribution in [1.82, 2.24) is 5.32 Å². The van der Waals surface area contributed by atoms with Crippen LogP contribution < -0.4 is 5.32 Å². The van der Waals surface area contributed by atoms with Gasteiger partial charge in [0, 0.05) is 0 Å². The number of alkyl carbamates (subject to hydrolysis) is 2. The van der Waals surface area contributed by atoms with Crippen molar-refractivity contribution in [2.24, 2.45) is 0 Å². The standard InChI is InChI=1S/C10H11NO4/c1-14-9(12)11-10(13)15-7-8-5-3-2-4-6-8/h2-6H,7H2,1H3,(H,11,12,13). The van der Waals surface area contributed by atoms with E-state index in [9.17, 15) is 9.59 Å². The third-order valence-electron chi connectivity index (χ3n) is 1.60. The van der Waals surface area contributed by atoms with Crippen LogP contribution in [-0.2, 0) is 16.1 Å². The predicted octanol–water partition coefficient (Wildman–Crippen LogP) is 1.68. The van der Waals surface area contributed by atoms with Gasteiger partial charge in [0.2, 0.25) is 0 Å². The molecule has 15 heavy (non-hydrogen) atoms. The molecule has 0 bridgehead atoms. The highest BCUT2D eigenvalue weighted by Crippen LogP contribution is 2.00. The first-order valence-corrected chi connectivity index (χ1v) is 4.28. The lowest BCUT2D eigenvalue weighted by atomic mass is 10.2. The number of carbonyl (C=O) groups excluding carboxylic acids is 2. The number of carbonyl (C=O) groups is 2. The summed E-state index contributed by atoms with van der Waals surface area (Å²) in [5, 5.41) is 1.88. The molecule has 0 saturated carbocycles. The van der Waals surface area contributed by atoms with Crippen LogP contribution in [0.1, 0.15) is 5.56 Å². The van der Waals surface area contributed by atoms with Crippen molar-refractivity contribution in [2.75, 3.05) is 7.11 Å². The Kier molecular flexibility index (Phi) is 4.15. The van der Waals surface area contributed by atoms with E-state index in [1.54, 1.807) is 0 Å². The number of benzene rings is 1. The maximum absolute atomic E-state index is 11.0. The zero-order valence-corrected chi connectivity index (χ0v) is 8.23. The van der Waals surface area contributed by atoms with E-state index in [-0.39, 0.29) is 6.61 Å². The SMILES string of the molecule is COC(=O)NC(=O)OCc1ccccc1. The third kappa shape index (κ3) is 4.12. The van der Waals surface area contributed by atoms with Gasteiger partial charge in [-0.05, 0) is 5.56 Å². The molecule has 0 aliphatic carbocycles. The Labute approximate surface area is 87.0 Å². The van der Waals surface area contributed by atoms with Gasteiger partial charge in [0.1, 0.15) is 6.61 Å². The molecule has 0 heterocycles. The van der Waals surface area contributed by atoms with Crippen LogP contribution in [0.2, 0.25) is 0 Å². The number of imide groups is 1. The minimum atomic E-state index is -0.840. The summed E-state index contributed by atoms with van der Waals surface area (Å²) in [4.78, 5) is 21.6. The Hall–Kier alpha value is -2.04. The van der Waals surface area contributed by atoms with Crippen molar-refractivity contribution in [2.45, 2.75) is 6.61 Å². The van der Waals surface area contributed by atoms with Crippen molar-refractivity contribution in [1.29, 1.82) is 0 Å². The summed E-state index contributed by atoms with van der Waals surface area (Å²) < 4.78 is 8.97. The van der Waals surface area contributed by atoms with Crippen molar-refractivity contribution in [3.63, 3.8) is 0 Å². The van der Waals surface area contributed by atoms with E-state index in [0.29, 0.717) is 0 Å². The van der Waals surface area contributed by atoms with Gasteiger partial charge < -0.3 is 9.47 Å². The van der Waals surface area contributed by atoms with E-state index in [1.165, 1.54) is 7.11 Å². The molecule has 0 aliphatic rings. The summed E-state index contributed by atoms with van der Waals surface area (Å²) >= 11 is 0. The van der Waals surface area contributed by atoms with Crippen LogP contribution in [0.4, 0.5) is 9.59 Å². The van der Waals surface area contributed by atoms with Gasteiger partial charge in [0.25, 0.3) is 0 Å². The van der Waals surface area contributed by atoms with Crippen LogP contribution >= 0.6 is 0 Å². The monoisotopic (exact) mass is 209 g/mol. The van der Waals surface area contributed by atoms with Crippen molar-refractivity contribution in [3.8, 4) is 0 Å². The van der Waals surface area contributed by atoms with Crippen LogP contribution in [0.15, 0.2) is 30.3 Å². The number of rotatable bonds is 2. The maximum atomic E-state index is 11.0. The lowest BCUT2D eigenvalue weighted by Gasteiger charge is -2.04. The Morgan fingerprint density at radius 3 is 2.47 bits per heavy atom. The molecule has 2 amide bonds. The number of hydrogen-bond donors (Lipinski definition) is 1. The largest absolute Gasteiger partial charge is 0.453 e. The van der Waals surface area contributed by atoms with Crippen molar-refractivity contribution in [3.05, 3.63) is 35.9 Å². The van der Waals surface area contributed by atoms with E-state index < -0.39 is 12.2 Å². The van der Waals surface area contributed by atoms with Gasteiger partial charge in [0.05, 0.1) is 7.11 Å². The van der Waals surface area contributed by atoms with Gasteiger partial charge in [-0.25, -0.2) is 14.9 Å². The molecular weight excluding hydrogens is 198 g/mol. The van der Waals surface area contributed by atoms with Crippen LogP contribution in [0.5, 0.6) is 0 Å². The molecule has 1 aromatic rings. The Balaban J connectivity index is 2.32. The first-order chi connectivity index (χ1) is 7.22. The van der Waals surface area contributed by atoms with E-state index in [2.05, 4.69) is 4.74 Å². The van der Waals surface area contributed by atoms with E-state index >= 15 is 0 Å². The summed E-state index contributed by atoms with van der Waals surface area (Å²) in [6, 6.07) is 9.14. The fraction of sp³-hybridized carbons (Fsp3) is 0.200. The van der Waals surface area contributed by atoms with Crippen molar-refractivity contribution >= 4 is 12.2 Å². The summed E-state index contributed by atoms with van der Waals surface area (Å²) in [5.41, 5.74) is 0.845. The molecule has 80 valence electrons. The van der Waals surface area contributed by atoms with E-state index in [4.69, 9.17) is 4.74 Å². The van der Waals surface area contributed by atoms with Crippen molar-refractivity contribution < 1.29 is 19.1 Å². The van der Waals surface area contributed by atoms with Crippen LogP contribution in [0, 0.1) is 0 Å². The van der Waals surface area contributed by atoms with E-state index in [0.717, 1.165) is 5.56 Å². The van der Waals surface area contributed by atoms with Gasteiger partial charge in [-0.2, -0.15) is 0 Å². The topological polar surface area (TPSA) is 64.6 Å². The summed E-state index contributed by atoms with van der Waals surface area (Å²) in [7, 11) is 1.17. The molecule has 5 nitrogen and oxygen atoms in total. The molecule has 1 aromatic carbocycles. The minimum absolute atomic E-state index is 0.115. The van der Waals surface area contributed by atoms with Gasteiger partial charge >= 0.3 is 12.2 Å².